The smallest absolute Gasteiger partial charge is 0.311 e. The zero-order valence-electron chi connectivity index (χ0n) is 11.4. The van der Waals surface area contributed by atoms with Gasteiger partial charge in [0.25, 0.3) is 0 Å². The van der Waals surface area contributed by atoms with E-state index in [1.165, 1.54) is 23.9 Å². The maximum absolute atomic E-state index is 11.0. The van der Waals surface area contributed by atoms with Gasteiger partial charge in [-0.25, -0.2) is 0 Å². The Kier molecular flexibility index (Phi) is 4.13. The molecule has 0 spiro atoms. The number of ether oxygens (including phenoxy) is 1. The number of methoxy groups -OCH3 is 1. The lowest BCUT2D eigenvalue weighted by Gasteiger charge is -2.03. The SMILES string of the molecule is C=CCn1nc(-c2ccc(OC)c([N+](=O)[O-])c2)cc1C=O. The second-order valence-electron chi connectivity index (χ2n) is 4.19. The predicted molar refractivity (Wildman–Crippen MR) is 76.5 cm³/mol. The predicted octanol–water partition coefficient (Wildman–Crippen LogP) is 2.47. The molecule has 0 unspecified atom stereocenters. The fourth-order valence-corrected chi connectivity index (χ4v) is 1.93. The van der Waals surface area contributed by atoms with Crippen molar-refractivity contribution in [3.8, 4) is 17.0 Å². The molecule has 1 heterocycles. The van der Waals surface area contributed by atoms with Crippen LogP contribution < -0.4 is 4.74 Å². The monoisotopic (exact) mass is 287 g/mol. The Labute approximate surface area is 120 Å². The summed E-state index contributed by atoms with van der Waals surface area (Å²) in [5.41, 5.74) is 1.24. The van der Waals surface area contributed by atoms with Crippen molar-refractivity contribution in [2.75, 3.05) is 7.11 Å². The summed E-state index contributed by atoms with van der Waals surface area (Å²) in [4.78, 5) is 21.5. The average Bonchev–Trinajstić information content (AvgIpc) is 2.90. The first-order valence-corrected chi connectivity index (χ1v) is 6.07. The van der Waals surface area contributed by atoms with Crippen LogP contribution in [0.4, 0.5) is 5.69 Å². The summed E-state index contributed by atoms with van der Waals surface area (Å²) in [6.45, 7) is 3.97. The Morgan fingerprint density at radius 2 is 2.24 bits per heavy atom. The molecule has 0 aliphatic rings. The Bertz CT molecular complexity index is 706. The molecule has 2 rings (SSSR count). The van der Waals surface area contributed by atoms with Gasteiger partial charge in [-0.2, -0.15) is 5.10 Å². The number of allylic oxidation sites excluding steroid dienone is 1. The Morgan fingerprint density at radius 1 is 1.48 bits per heavy atom. The fraction of sp³-hybridized carbons (Fsp3) is 0.143. The summed E-state index contributed by atoms with van der Waals surface area (Å²) in [5.74, 6) is 0.171. The number of carbonyl (C=O) groups is 1. The number of hydrogen-bond acceptors (Lipinski definition) is 5. The standard InChI is InChI=1S/C14H13N3O4/c1-3-6-16-11(9-18)8-12(15-16)10-4-5-14(21-2)13(7-10)17(19)20/h3-5,7-9H,1,6H2,2H3. The molecule has 21 heavy (non-hydrogen) atoms. The van der Waals surface area contributed by atoms with E-state index < -0.39 is 4.92 Å². The van der Waals surface area contributed by atoms with Gasteiger partial charge in [0.1, 0.15) is 5.69 Å². The summed E-state index contributed by atoms with van der Waals surface area (Å²) in [5, 5.41) is 15.3. The number of rotatable bonds is 6. The van der Waals surface area contributed by atoms with Crippen LogP contribution in [0.1, 0.15) is 10.5 Å². The van der Waals surface area contributed by atoms with E-state index in [0.29, 0.717) is 29.8 Å². The van der Waals surface area contributed by atoms with Crippen LogP contribution in [0.3, 0.4) is 0 Å². The third-order valence-corrected chi connectivity index (χ3v) is 2.91. The largest absolute Gasteiger partial charge is 0.490 e. The van der Waals surface area contributed by atoms with Gasteiger partial charge in [-0.3, -0.25) is 19.6 Å². The molecule has 0 atom stereocenters. The van der Waals surface area contributed by atoms with Crippen molar-refractivity contribution in [1.82, 2.24) is 9.78 Å². The number of nitrogens with zero attached hydrogens (tertiary/aromatic N) is 3. The first-order chi connectivity index (χ1) is 10.1. The molecular weight excluding hydrogens is 274 g/mol. The van der Waals surface area contributed by atoms with E-state index >= 15 is 0 Å². The maximum Gasteiger partial charge on any atom is 0.311 e. The van der Waals surface area contributed by atoms with Crippen LogP contribution in [-0.2, 0) is 6.54 Å². The van der Waals surface area contributed by atoms with Crippen LogP contribution in [0.25, 0.3) is 11.3 Å². The molecule has 2 aromatic rings. The third kappa shape index (κ3) is 2.81. The van der Waals surface area contributed by atoms with Crippen LogP contribution in [-0.4, -0.2) is 28.1 Å². The normalized spacial score (nSPS) is 10.1. The quantitative estimate of drug-likeness (QED) is 0.352. The number of nitro groups is 1. The average molecular weight is 287 g/mol. The number of carbonyl (C=O) groups excluding carboxylic acids is 1. The molecule has 1 aromatic heterocycles. The van der Waals surface area contributed by atoms with Crippen LogP contribution in [0.2, 0.25) is 0 Å². The summed E-state index contributed by atoms with van der Waals surface area (Å²) in [7, 11) is 1.37. The Balaban J connectivity index is 2.51. The molecular formula is C14H13N3O4. The molecule has 0 amide bonds. The van der Waals surface area contributed by atoms with E-state index in [1.807, 2.05) is 0 Å². The molecule has 0 N–H and O–H groups in total. The minimum Gasteiger partial charge on any atom is -0.490 e. The molecule has 0 radical (unpaired) electrons. The van der Waals surface area contributed by atoms with Gasteiger partial charge in [0.2, 0.25) is 0 Å². The zero-order chi connectivity index (χ0) is 15.4. The first kappa shape index (κ1) is 14.4. The van der Waals surface area contributed by atoms with Gasteiger partial charge in [0, 0.05) is 11.6 Å². The number of hydrogen-bond donors (Lipinski definition) is 0. The van der Waals surface area contributed by atoms with Crippen LogP contribution in [0.15, 0.2) is 36.9 Å². The minimum atomic E-state index is -0.524. The molecule has 0 aliphatic heterocycles. The summed E-state index contributed by atoms with van der Waals surface area (Å²) >= 11 is 0. The molecule has 7 nitrogen and oxygen atoms in total. The molecule has 1 aromatic carbocycles. The number of aldehydes is 1. The topological polar surface area (TPSA) is 87.3 Å². The lowest BCUT2D eigenvalue weighted by molar-refractivity contribution is -0.385. The van der Waals surface area contributed by atoms with E-state index in [-0.39, 0.29) is 11.4 Å². The van der Waals surface area contributed by atoms with Gasteiger partial charge in [-0.15, -0.1) is 6.58 Å². The second-order valence-corrected chi connectivity index (χ2v) is 4.19. The number of nitro benzene ring substituents is 1. The van der Waals surface area contributed by atoms with Crippen molar-refractivity contribution in [3.63, 3.8) is 0 Å². The van der Waals surface area contributed by atoms with Gasteiger partial charge >= 0.3 is 5.69 Å². The lowest BCUT2D eigenvalue weighted by atomic mass is 10.1. The van der Waals surface area contributed by atoms with Gasteiger partial charge in [-0.1, -0.05) is 6.08 Å². The van der Waals surface area contributed by atoms with Crippen LogP contribution in [0.5, 0.6) is 5.75 Å². The first-order valence-electron chi connectivity index (χ1n) is 6.07. The lowest BCUT2D eigenvalue weighted by Crippen LogP contribution is -2.02. The van der Waals surface area contributed by atoms with E-state index in [2.05, 4.69) is 11.7 Å². The van der Waals surface area contributed by atoms with Gasteiger partial charge < -0.3 is 4.74 Å². The van der Waals surface area contributed by atoms with Crippen molar-refractivity contribution >= 4 is 12.0 Å². The fourth-order valence-electron chi connectivity index (χ4n) is 1.93. The Morgan fingerprint density at radius 3 is 2.81 bits per heavy atom. The molecule has 7 heteroatoms. The number of aromatic nitrogens is 2. The second kappa shape index (κ2) is 6.00. The molecule has 0 saturated heterocycles. The summed E-state index contributed by atoms with van der Waals surface area (Å²) in [6.07, 6.45) is 2.29. The van der Waals surface area contributed by atoms with Gasteiger partial charge in [0.05, 0.1) is 24.3 Å². The van der Waals surface area contributed by atoms with E-state index in [9.17, 15) is 14.9 Å². The van der Waals surface area contributed by atoms with Crippen molar-refractivity contribution < 1.29 is 14.5 Å². The van der Waals surface area contributed by atoms with E-state index in [4.69, 9.17) is 4.74 Å². The molecule has 0 bridgehead atoms. The highest BCUT2D eigenvalue weighted by Gasteiger charge is 2.17. The molecule has 108 valence electrons. The van der Waals surface area contributed by atoms with Gasteiger partial charge in [-0.05, 0) is 18.2 Å². The highest BCUT2D eigenvalue weighted by Crippen LogP contribution is 2.31. The van der Waals surface area contributed by atoms with Crippen LogP contribution in [0, 0.1) is 10.1 Å². The number of benzene rings is 1. The highest BCUT2D eigenvalue weighted by molar-refractivity contribution is 5.76. The molecule has 0 saturated carbocycles. The molecule has 0 fully saturated rings. The third-order valence-electron chi connectivity index (χ3n) is 2.91. The van der Waals surface area contributed by atoms with Crippen molar-refractivity contribution in [2.24, 2.45) is 0 Å². The zero-order valence-corrected chi connectivity index (χ0v) is 11.4. The molecule has 0 aliphatic carbocycles. The van der Waals surface area contributed by atoms with Crippen LogP contribution >= 0.6 is 0 Å². The van der Waals surface area contributed by atoms with E-state index in [0.717, 1.165) is 0 Å². The van der Waals surface area contributed by atoms with E-state index in [1.54, 1.807) is 18.2 Å². The summed E-state index contributed by atoms with van der Waals surface area (Å²) < 4.78 is 6.43. The van der Waals surface area contributed by atoms with Crippen molar-refractivity contribution in [1.29, 1.82) is 0 Å². The van der Waals surface area contributed by atoms with Crippen molar-refractivity contribution in [3.05, 3.63) is 52.7 Å². The van der Waals surface area contributed by atoms with Crippen molar-refractivity contribution in [2.45, 2.75) is 6.54 Å². The highest BCUT2D eigenvalue weighted by atomic mass is 16.6. The maximum atomic E-state index is 11.0. The Hall–Kier alpha value is -2.96. The van der Waals surface area contributed by atoms with Gasteiger partial charge in [0.15, 0.2) is 12.0 Å². The minimum absolute atomic E-state index is 0.152. The summed E-state index contributed by atoms with van der Waals surface area (Å²) in [6, 6.07) is 6.09.